The maximum absolute atomic E-state index is 5.64. The Kier molecular flexibility index (Phi) is 2.11. The predicted octanol–water partition coefficient (Wildman–Crippen LogP) is 4.13. The highest BCUT2D eigenvalue weighted by Gasteiger charge is 2.32. The van der Waals surface area contributed by atoms with Gasteiger partial charge in [0, 0.05) is 15.4 Å². The van der Waals surface area contributed by atoms with Crippen molar-refractivity contribution < 1.29 is 0 Å². The highest BCUT2D eigenvalue weighted by atomic mass is 32.3. The normalized spacial score (nSPS) is 16.8. The van der Waals surface area contributed by atoms with E-state index in [4.69, 9.17) is 6.42 Å². The van der Waals surface area contributed by atoms with E-state index in [1.807, 2.05) is 0 Å². The van der Waals surface area contributed by atoms with Gasteiger partial charge in [-0.1, -0.05) is 36.3 Å². The molecule has 0 spiro atoms. The smallest absolute Gasteiger partial charge is 0.0372 e. The number of hydrogen-bond donors (Lipinski definition) is 0. The molecule has 2 aromatic carbocycles. The van der Waals surface area contributed by atoms with Crippen LogP contribution in [0.15, 0.2) is 52.3 Å². The van der Waals surface area contributed by atoms with Gasteiger partial charge >= 0.3 is 0 Å². The molecule has 0 saturated heterocycles. The Morgan fingerprint density at radius 3 is 2.41 bits per heavy atom. The molecule has 0 radical (unpaired) electrons. The summed E-state index contributed by atoms with van der Waals surface area (Å²) in [5.74, 6) is 2.84. The average Bonchev–Trinajstić information content (AvgIpc) is 2.60. The first kappa shape index (κ1) is 10.5. The highest BCUT2D eigenvalue weighted by molar-refractivity contribution is 8.33. The van der Waals surface area contributed by atoms with Gasteiger partial charge in [0.25, 0.3) is 0 Å². The van der Waals surface area contributed by atoms with Crippen molar-refractivity contribution in [3.8, 4) is 23.5 Å². The molecule has 0 aromatic heterocycles. The van der Waals surface area contributed by atoms with Gasteiger partial charge in [-0.2, -0.15) is 10.0 Å². The van der Waals surface area contributed by atoms with E-state index < -0.39 is 10.0 Å². The second kappa shape index (κ2) is 3.42. The molecule has 17 heavy (non-hydrogen) atoms. The van der Waals surface area contributed by atoms with Crippen LogP contribution < -0.4 is 0 Å². The van der Waals surface area contributed by atoms with Crippen LogP contribution in [-0.4, -0.2) is 12.5 Å². The SMILES string of the molecule is C#Cc1cccc2c1S(C)(C)c1ccccc1-2. The van der Waals surface area contributed by atoms with Gasteiger partial charge in [-0.05, 0) is 35.8 Å². The molecule has 2 aromatic rings. The third-order valence-corrected chi connectivity index (χ3v) is 6.32. The molecule has 0 fully saturated rings. The van der Waals surface area contributed by atoms with Crippen molar-refractivity contribution in [1.82, 2.24) is 0 Å². The lowest BCUT2D eigenvalue weighted by atomic mass is 10.0. The largest absolute Gasteiger partial charge is 0.191 e. The zero-order chi connectivity index (χ0) is 12.0. The minimum atomic E-state index is -0.950. The Bertz CT molecular complexity index is 645. The van der Waals surface area contributed by atoms with Gasteiger partial charge in [-0.25, -0.2) is 0 Å². The van der Waals surface area contributed by atoms with Gasteiger partial charge in [-0.15, -0.1) is 6.42 Å². The fraction of sp³-hybridized carbons (Fsp3) is 0.125. The summed E-state index contributed by atoms with van der Waals surface area (Å²) in [5, 5.41) is 0. The molecule has 0 aliphatic carbocycles. The van der Waals surface area contributed by atoms with Gasteiger partial charge < -0.3 is 0 Å². The third kappa shape index (κ3) is 1.28. The summed E-state index contributed by atoms with van der Waals surface area (Å²) in [4.78, 5) is 2.83. The van der Waals surface area contributed by atoms with E-state index in [0.717, 1.165) is 5.56 Å². The summed E-state index contributed by atoms with van der Waals surface area (Å²) in [7, 11) is -0.950. The van der Waals surface area contributed by atoms with Crippen LogP contribution in [0.3, 0.4) is 0 Å². The molecule has 0 bridgehead atoms. The zero-order valence-corrected chi connectivity index (χ0v) is 10.8. The molecular formula is C16H14S. The summed E-state index contributed by atoms with van der Waals surface area (Å²) < 4.78 is 0. The van der Waals surface area contributed by atoms with E-state index in [1.54, 1.807) is 0 Å². The van der Waals surface area contributed by atoms with Crippen molar-refractivity contribution in [3.05, 3.63) is 48.0 Å². The standard InChI is InChI=1S/C16H14S/c1-4-12-8-7-10-14-13-9-5-6-11-15(13)17(2,3)16(12)14/h1,5-11H,2-3H3. The van der Waals surface area contributed by atoms with Crippen LogP contribution in [0.5, 0.6) is 0 Å². The van der Waals surface area contributed by atoms with E-state index in [-0.39, 0.29) is 0 Å². The Hall–Kier alpha value is -1.65. The fourth-order valence-corrected chi connectivity index (χ4v) is 5.43. The molecule has 84 valence electrons. The van der Waals surface area contributed by atoms with Gasteiger partial charge in [0.2, 0.25) is 0 Å². The minimum absolute atomic E-state index is 0.950. The first-order valence-corrected chi connectivity index (χ1v) is 8.03. The number of benzene rings is 2. The molecule has 0 amide bonds. The summed E-state index contributed by atoms with van der Waals surface area (Å²) in [5.41, 5.74) is 3.74. The second-order valence-electron chi connectivity index (χ2n) is 4.65. The van der Waals surface area contributed by atoms with Crippen LogP contribution >= 0.6 is 10.0 Å². The van der Waals surface area contributed by atoms with Gasteiger partial charge in [0.1, 0.15) is 0 Å². The second-order valence-corrected chi connectivity index (χ2v) is 8.15. The maximum Gasteiger partial charge on any atom is 0.0372 e. The first-order valence-electron chi connectivity index (χ1n) is 5.58. The molecular weight excluding hydrogens is 224 g/mol. The number of fused-ring (bicyclic) bond motifs is 3. The Balaban J connectivity index is 2.45. The molecule has 1 aliphatic heterocycles. The Morgan fingerprint density at radius 2 is 1.65 bits per heavy atom. The fourth-order valence-electron chi connectivity index (χ4n) is 2.66. The van der Waals surface area contributed by atoms with Crippen molar-refractivity contribution in [3.63, 3.8) is 0 Å². The quantitative estimate of drug-likeness (QED) is 0.605. The van der Waals surface area contributed by atoms with Crippen molar-refractivity contribution in [2.45, 2.75) is 9.79 Å². The van der Waals surface area contributed by atoms with E-state index >= 15 is 0 Å². The minimum Gasteiger partial charge on any atom is -0.191 e. The summed E-state index contributed by atoms with van der Waals surface area (Å²) >= 11 is 0. The zero-order valence-electron chi connectivity index (χ0n) is 10.0. The van der Waals surface area contributed by atoms with Crippen molar-refractivity contribution in [2.75, 3.05) is 12.5 Å². The number of hydrogen-bond acceptors (Lipinski definition) is 0. The van der Waals surface area contributed by atoms with Gasteiger partial charge in [-0.3, -0.25) is 0 Å². The summed E-state index contributed by atoms with van der Waals surface area (Å²) in [6, 6.07) is 15.0. The van der Waals surface area contributed by atoms with Gasteiger partial charge in [0.05, 0.1) is 0 Å². The average molecular weight is 238 g/mol. The lowest BCUT2D eigenvalue weighted by Crippen LogP contribution is -1.95. The van der Waals surface area contributed by atoms with E-state index in [0.29, 0.717) is 0 Å². The molecule has 0 N–H and O–H groups in total. The molecule has 3 rings (SSSR count). The maximum atomic E-state index is 5.64. The first-order chi connectivity index (χ1) is 8.16. The molecule has 1 aliphatic rings. The van der Waals surface area contributed by atoms with Gasteiger partial charge in [0.15, 0.2) is 0 Å². The molecule has 1 heteroatoms. The van der Waals surface area contributed by atoms with Crippen LogP contribution in [-0.2, 0) is 0 Å². The Morgan fingerprint density at radius 1 is 0.941 bits per heavy atom. The molecule has 0 nitrogen and oxygen atoms in total. The van der Waals surface area contributed by atoms with E-state index in [1.165, 1.54) is 20.9 Å². The predicted molar refractivity (Wildman–Crippen MR) is 75.8 cm³/mol. The van der Waals surface area contributed by atoms with Crippen LogP contribution in [0.2, 0.25) is 0 Å². The van der Waals surface area contributed by atoms with Crippen LogP contribution in [0.25, 0.3) is 11.1 Å². The topological polar surface area (TPSA) is 0 Å². The summed E-state index contributed by atoms with van der Waals surface area (Å²) in [6.45, 7) is 0. The lowest BCUT2D eigenvalue weighted by Gasteiger charge is -2.29. The summed E-state index contributed by atoms with van der Waals surface area (Å²) in [6.07, 6.45) is 10.3. The monoisotopic (exact) mass is 238 g/mol. The van der Waals surface area contributed by atoms with Crippen molar-refractivity contribution >= 4 is 10.0 Å². The van der Waals surface area contributed by atoms with Crippen molar-refractivity contribution in [1.29, 1.82) is 0 Å². The van der Waals surface area contributed by atoms with Crippen LogP contribution in [0, 0.1) is 12.3 Å². The lowest BCUT2D eigenvalue weighted by molar-refractivity contribution is 1.41. The van der Waals surface area contributed by atoms with Crippen molar-refractivity contribution in [2.24, 2.45) is 0 Å². The highest BCUT2D eigenvalue weighted by Crippen LogP contribution is 2.67. The number of rotatable bonds is 0. The Labute approximate surface area is 104 Å². The van der Waals surface area contributed by atoms with Crippen LogP contribution in [0.4, 0.5) is 0 Å². The third-order valence-electron chi connectivity index (χ3n) is 3.41. The number of terminal acetylenes is 1. The molecule has 0 saturated carbocycles. The van der Waals surface area contributed by atoms with Crippen LogP contribution in [0.1, 0.15) is 5.56 Å². The molecule has 1 heterocycles. The molecule has 0 atom stereocenters. The van der Waals surface area contributed by atoms with E-state index in [2.05, 4.69) is 60.9 Å². The molecule has 0 unspecified atom stereocenters. The van der Waals surface area contributed by atoms with E-state index in [9.17, 15) is 0 Å².